The highest BCUT2D eigenvalue weighted by Crippen LogP contribution is 2.19. The second-order valence-corrected chi connectivity index (χ2v) is 7.23. The Kier molecular flexibility index (Phi) is 4.61. The summed E-state index contributed by atoms with van der Waals surface area (Å²) in [4.78, 5) is 15.2. The summed E-state index contributed by atoms with van der Waals surface area (Å²) in [5.41, 5.74) is 2.38. The molecule has 22 heavy (non-hydrogen) atoms. The van der Waals surface area contributed by atoms with Crippen LogP contribution in [0.4, 0.5) is 0 Å². The molecule has 0 aliphatic carbocycles. The standard InChI is InChI=1S/C16H18N2O3S/c1-12-4-6-15(7-5-12)22(20,21)18(3)16-9-13(2)8-14(11-19)10-17-16/h4-7,9-11H,8H2,1-3H3. The minimum Gasteiger partial charge on any atom is -0.298 e. The molecule has 0 fully saturated rings. The second-order valence-electron chi connectivity index (χ2n) is 5.26. The van der Waals surface area contributed by atoms with Gasteiger partial charge in [0.2, 0.25) is 0 Å². The molecule has 116 valence electrons. The molecule has 6 heteroatoms. The summed E-state index contributed by atoms with van der Waals surface area (Å²) in [6.07, 6.45) is 4.29. The number of nitrogens with zero attached hydrogens (tertiary/aromatic N) is 2. The molecule has 0 aromatic heterocycles. The van der Waals surface area contributed by atoms with E-state index in [1.165, 1.54) is 13.2 Å². The number of hydrogen-bond acceptors (Lipinski definition) is 4. The molecule has 1 heterocycles. The minimum atomic E-state index is -3.68. The molecule has 0 amide bonds. The Labute approximate surface area is 130 Å². The predicted octanol–water partition coefficient (Wildman–Crippen LogP) is 2.45. The highest BCUT2D eigenvalue weighted by molar-refractivity contribution is 7.89. The first-order valence-electron chi connectivity index (χ1n) is 6.79. The van der Waals surface area contributed by atoms with Gasteiger partial charge in [-0.15, -0.1) is 0 Å². The van der Waals surface area contributed by atoms with Crippen LogP contribution in [0.1, 0.15) is 18.9 Å². The van der Waals surface area contributed by atoms with Gasteiger partial charge in [0.25, 0.3) is 10.0 Å². The molecule has 1 aromatic rings. The lowest BCUT2D eigenvalue weighted by atomic mass is 10.1. The van der Waals surface area contributed by atoms with Crippen LogP contribution in [-0.2, 0) is 14.8 Å². The van der Waals surface area contributed by atoms with Crippen molar-refractivity contribution in [1.29, 1.82) is 0 Å². The number of aryl methyl sites for hydroxylation is 1. The van der Waals surface area contributed by atoms with Crippen LogP contribution in [-0.4, -0.2) is 31.9 Å². The van der Waals surface area contributed by atoms with Gasteiger partial charge in [0.1, 0.15) is 12.1 Å². The number of aliphatic imine (C=N–C) groups is 1. The number of aldehydes is 1. The van der Waals surface area contributed by atoms with E-state index in [1.54, 1.807) is 30.3 Å². The lowest BCUT2D eigenvalue weighted by molar-refractivity contribution is -0.105. The van der Waals surface area contributed by atoms with Gasteiger partial charge in [-0.25, -0.2) is 13.4 Å². The number of benzene rings is 1. The maximum Gasteiger partial charge on any atom is 0.265 e. The number of allylic oxidation sites excluding steroid dienone is 2. The van der Waals surface area contributed by atoms with Gasteiger partial charge in [-0.05, 0) is 38.5 Å². The Morgan fingerprint density at radius 1 is 1.18 bits per heavy atom. The van der Waals surface area contributed by atoms with Crippen molar-refractivity contribution >= 4 is 22.1 Å². The van der Waals surface area contributed by atoms with Gasteiger partial charge >= 0.3 is 0 Å². The topological polar surface area (TPSA) is 66.8 Å². The number of carbonyl (C=O) groups excluding carboxylic acids is 1. The molecule has 0 N–H and O–H groups in total. The smallest absolute Gasteiger partial charge is 0.265 e. The molecule has 2 rings (SSSR count). The van der Waals surface area contributed by atoms with E-state index in [2.05, 4.69) is 4.99 Å². The van der Waals surface area contributed by atoms with Crippen molar-refractivity contribution in [2.24, 2.45) is 4.99 Å². The fourth-order valence-corrected chi connectivity index (χ4v) is 3.20. The first kappa shape index (κ1) is 16.2. The molecule has 0 atom stereocenters. The van der Waals surface area contributed by atoms with E-state index < -0.39 is 10.0 Å². The number of rotatable bonds is 3. The van der Waals surface area contributed by atoms with Crippen LogP contribution < -0.4 is 0 Å². The Morgan fingerprint density at radius 3 is 2.41 bits per heavy atom. The fourth-order valence-electron chi connectivity index (χ4n) is 2.06. The molecular weight excluding hydrogens is 300 g/mol. The normalized spacial score (nSPS) is 15.3. The molecule has 0 spiro atoms. The van der Waals surface area contributed by atoms with Crippen LogP contribution in [0.3, 0.4) is 0 Å². The Balaban J connectivity index is 2.41. The average Bonchev–Trinajstić information content (AvgIpc) is 2.68. The van der Waals surface area contributed by atoms with Gasteiger partial charge < -0.3 is 0 Å². The summed E-state index contributed by atoms with van der Waals surface area (Å²) in [7, 11) is -2.22. The van der Waals surface area contributed by atoms with Crippen molar-refractivity contribution < 1.29 is 13.2 Å². The van der Waals surface area contributed by atoms with E-state index in [0.29, 0.717) is 12.0 Å². The van der Waals surface area contributed by atoms with Crippen molar-refractivity contribution in [2.45, 2.75) is 25.2 Å². The van der Waals surface area contributed by atoms with Gasteiger partial charge in [0, 0.05) is 18.8 Å². The highest BCUT2D eigenvalue weighted by atomic mass is 32.2. The van der Waals surface area contributed by atoms with Gasteiger partial charge in [-0.1, -0.05) is 23.3 Å². The van der Waals surface area contributed by atoms with Crippen molar-refractivity contribution in [3.8, 4) is 0 Å². The molecule has 0 saturated heterocycles. The molecule has 1 aliphatic heterocycles. The molecule has 1 aromatic carbocycles. The number of sulfonamides is 1. The summed E-state index contributed by atoms with van der Waals surface area (Å²) in [6.45, 7) is 3.73. The zero-order valence-electron chi connectivity index (χ0n) is 12.8. The van der Waals surface area contributed by atoms with E-state index in [4.69, 9.17) is 0 Å². The second kappa shape index (κ2) is 6.27. The van der Waals surface area contributed by atoms with E-state index in [-0.39, 0.29) is 10.7 Å². The number of amidine groups is 1. The Hall–Kier alpha value is -2.21. The van der Waals surface area contributed by atoms with Crippen molar-refractivity contribution in [3.63, 3.8) is 0 Å². The quantitative estimate of drug-likeness (QED) is 0.804. The van der Waals surface area contributed by atoms with Crippen LogP contribution in [0.5, 0.6) is 0 Å². The van der Waals surface area contributed by atoms with E-state index in [0.717, 1.165) is 21.7 Å². The Bertz CT molecular complexity index is 772. The van der Waals surface area contributed by atoms with E-state index in [9.17, 15) is 13.2 Å². The van der Waals surface area contributed by atoms with E-state index in [1.807, 2.05) is 13.8 Å². The average molecular weight is 318 g/mol. The summed E-state index contributed by atoms with van der Waals surface area (Å²) in [6, 6.07) is 6.64. The van der Waals surface area contributed by atoms with Crippen LogP contribution in [0.25, 0.3) is 0 Å². The molecule has 1 aliphatic rings. The fraction of sp³-hybridized carbons (Fsp3) is 0.250. The zero-order valence-corrected chi connectivity index (χ0v) is 13.6. The third-order valence-electron chi connectivity index (χ3n) is 3.37. The number of hydrogen-bond donors (Lipinski definition) is 0. The van der Waals surface area contributed by atoms with Gasteiger partial charge in [-0.3, -0.25) is 9.10 Å². The lowest BCUT2D eigenvalue weighted by Gasteiger charge is -2.19. The lowest BCUT2D eigenvalue weighted by Crippen LogP contribution is -2.32. The summed E-state index contributed by atoms with van der Waals surface area (Å²) in [5.74, 6) is 0.287. The number of likely N-dealkylation sites (N-methyl/N-ethyl adjacent to an activating group) is 1. The van der Waals surface area contributed by atoms with Crippen LogP contribution in [0.15, 0.2) is 57.6 Å². The van der Waals surface area contributed by atoms with Crippen LogP contribution in [0, 0.1) is 6.92 Å². The number of carbonyl (C=O) groups is 1. The molecule has 0 radical (unpaired) electrons. The largest absolute Gasteiger partial charge is 0.298 e. The molecule has 5 nitrogen and oxygen atoms in total. The third kappa shape index (κ3) is 3.33. The molecule has 0 saturated carbocycles. The first-order chi connectivity index (χ1) is 10.3. The SMILES string of the molecule is CC1=CC(N(C)S(=O)(=O)c2ccc(C)cc2)=NC=C(C=O)C1. The minimum absolute atomic E-state index is 0.207. The van der Waals surface area contributed by atoms with Crippen molar-refractivity contribution in [2.75, 3.05) is 7.05 Å². The maximum atomic E-state index is 12.6. The van der Waals surface area contributed by atoms with Crippen LogP contribution >= 0.6 is 0 Å². The van der Waals surface area contributed by atoms with Gasteiger partial charge in [0.05, 0.1) is 4.90 Å². The monoisotopic (exact) mass is 318 g/mol. The van der Waals surface area contributed by atoms with Crippen LogP contribution in [0.2, 0.25) is 0 Å². The first-order valence-corrected chi connectivity index (χ1v) is 8.23. The van der Waals surface area contributed by atoms with Crippen molar-refractivity contribution in [1.82, 2.24) is 4.31 Å². The summed E-state index contributed by atoms with van der Waals surface area (Å²) >= 11 is 0. The third-order valence-corrected chi connectivity index (χ3v) is 5.15. The molecule has 0 bridgehead atoms. The van der Waals surface area contributed by atoms with E-state index >= 15 is 0 Å². The van der Waals surface area contributed by atoms with Gasteiger partial charge in [-0.2, -0.15) is 0 Å². The summed E-state index contributed by atoms with van der Waals surface area (Å²) < 4.78 is 26.4. The molecular formula is C16H18N2O3S. The van der Waals surface area contributed by atoms with Gasteiger partial charge in [0.15, 0.2) is 0 Å². The maximum absolute atomic E-state index is 12.6. The highest BCUT2D eigenvalue weighted by Gasteiger charge is 2.23. The van der Waals surface area contributed by atoms with Crippen molar-refractivity contribution in [3.05, 3.63) is 53.3 Å². The molecule has 0 unspecified atom stereocenters. The Morgan fingerprint density at radius 2 is 1.82 bits per heavy atom. The summed E-state index contributed by atoms with van der Waals surface area (Å²) in [5, 5.41) is 0. The predicted molar refractivity (Wildman–Crippen MR) is 86.1 cm³/mol. The zero-order chi connectivity index (χ0) is 16.3.